The Morgan fingerprint density at radius 2 is 1.94 bits per heavy atom. The van der Waals surface area contributed by atoms with Gasteiger partial charge in [-0.15, -0.1) is 22.7 Å². The highest BCUT2D eigenvalue weighted by Gasteiger charge is 2.24. The van der Waals surface area contributed by atoms with Gasteiger partial charge >= 0.3 is 0 Å². The van der Waals surface area contributed by atoms with Crippen LogP contribution in [0.4, 0.5) is 0 Å². The molecule has 0 unspecified atom stereocenters. The molecule has 0 radical (unpaired) electrons. The van der Waals surface area contributed by atoms with E-state index >= 15 is 0 Å². The molecule has 5 heterocycles. The number of aromatic amines is 1. The molecular weight excluding hydrogens is 448 g/mol. The molecule has 0 bridgehead atoms. The van der Waals surface area contributed by atoms with Crippen molar-refractivity contribution in [2.24, 2.45) is 7.05 Å². The van der Waals surface area contributed by atoms with Crippen LogP contribution in [-0.4, -0.2) is 61.6 Å². The molecule has 0 atom stereocenters. The van der Waals surface area contributed by atoms with Crippen molar-refractivity contribution in [1.29, 1.82) is 0 Å². The Morgan fingerprint density at radius 1 is 1.12 bits per heavy atom. The second-order valence-electron chi connectivity index (χ2n) is 7.57. The Kier molecular flexibility index (Phi) is 5.45. The lowest BCUT2D eigenvalue weighted by Crippen LogP contribution is -2.48. The quantitative estimate of drug-likeness (QED) is 0.490. The lowest BCUT2D eigenvalue weighted by Gasteiger charge is -2.34. The molecule has 4 aromatic rings. The first-order chi connectivity index (χ1) is 15.5. The Balaban J connectivity index is 1.27. The second kappa shape index (κ2) is 8.41. The summed E-state index contributed by atoms with van der Waals surface area (Å²) in [6.07, 6.45) is 0. The monoisotopic (exact) mass is 468 g/mol. The molecule has 1 N–H and O–H groups in total. The third-order valence-electron chi connectivity index (χ3n) is 5.49. The molecule has 1 saturated heterocycles. The van der Waals surface area contributed by atoms with Gasteiger partial charge in [-0.3, -0.25) is 19.3 Å². The average Bonchev–Trinajstić information content (AvgIpc) is 3.46. The van der Waals surface area contributed by atoms with Crippen molar-refractivity contribution in [3.63, 3.8) is 0 Å². The normalized spacial score (nSPS) is 14.8. The van der Waals surface area contributed by atoms with Crippen LogP contribution >= 0.6 is 22.7 Å². The number of piperazine rings is 1. The summed E-state index contributed by atoms with van der Waals surface area (Å²) in [4.78, 5) is 50.3. The van der Waals surface area contributed by atoms with Crippen molar-refractivity contribution in [3.05, 3.63) is 67.3 Å². The summed E-state index contributed by atoms with van der Waals surface area (Å²) in [6, 6.07) is 6.79. The van der Waals surface area contributed by atoms with E-state index in [-0.39, 0.29) is 22.7 Å². The van der Waals surface area contributed by atoms with Crippen LogP contribution in [0.1, 0.15) is 16.3 Å². The number of carbonyl (C=O) groups is 1. The Hall–Kier alpha value is -3.15. The van der Waals surface area contributed by atoms with Crippen molar-refractivity contribution < 1.29 is 4.79 Å². The van der Waals surface area contributed by atoms with Gasteiger partial charge in [-0.05, 0) is 17.5 Å². The lowest BCUT2D eigenvalue weighted by atomic mass is 10.2. The van der Waals surface area contributed by atoms with Crippen molar-refractivity contribution in [3.8, 4) is 10.4 Å². The number of aromatic nitrogens is 4. The molecule has 5 rings (SSSR count). The molecule has 164 valence electrons. The van der Waals surface area contributed by atoms with E-state index in [4.69, 9.17) is 0 Å². The first-order valence-corrected chi connectivity index (χ1v) is 11.9. The summed E-state index contributed by atoms with van der Waals surface area (Å²) >= 11 is 3.08. The van der Waals surface area contributed by atoms with Gasteiger partial charge in [0.2, 0.25) is 0 Å². The molecule has 0 saturated carbocycles. The van der Waals surface area contributed by atoms with Crippen LogP contribution < -0.4 is 11.1 Å². The number of amides is 1. The van der Waals surface area contributed by atoms with Gasteiger partial charge in [-0.25, -0.2) is 9.67 Å². The highest BCUT2D eigenvalue weighted by Crippen LogP contribution is 2.33. The van der Waals surface area contributed by atoms with E-state index in [0.29, 0.717) is 43.9 Å². The van der Waals surface area contributed by atoms with Gasteiger partial charge in [0.25, 0.3) is 17.0 Å². The fourth-order valence-electron chi connectivity index (χ4n) is 3.78. The third kappa shape index (κ3) is 3.90. The van der Waals surface area contributed by atoms with Crippen LogP contribution in [0.3, 0.4) is 0 Å². The minimum absolute atomic E-state index is 0.121. The van der Waals surface area contributed by atoms with Gasteiger partial charge in [0.05, 0.1) is 11.9 Å². The molecule has 1 fully saturated rings. The smallest absolute Gasteiger partial charge is 0.274 e. The fraction of sp³-hybridized carbons (Fsp3) is 0.286. The number of thiophene rings is 2. The van der Waals surface area contributed by atoms with E-state index in [9.17, 15) is 14.4 Å². The van der Waals surface area contributed by atoms with Crippen LogP contribution in [0.2, 0.25) is 0 Å². The van der Waals surface area contributed by atoms with Gasteiger partial charge in [0.15, 0.2) is 0 Å². The lowest BCUT2D eigenvalue weighted by molar-refractivity contribution is 0.0617. The van der Waals surface area contributed by atoms with E-state index in [1.54, 1.807) is 16.2 Å². The summed E-state index contributed by atoms with van der Waals surface area (Å²) in [5.74, 6) is 0.439. The Bertz CT molecular complexity index is 1400. The number of aryl methyl sites for hydroxylation is 1. The predicted octanol–water partition coefficient (Wildman–Crippen LogP) is 1.76. The molecule has 0 aromatic carbocycles. The van der Waals surface area contributed by atoms with Crippen LogP contribution in [0.15, 0.2) is 44.6 Å². The zero-order chi connectivity index (χ0) is 22.2. The molecule has 32 heavy (non-hydrogen) atoms. The molecule has 1 amide bonds. The van der Waals surface area contributed by atoms with Gasteiger partial charge in [-0.2, -0.15) is 5.10 Å². The highest BCUT2D eigenvalue weighted by molar-refractivity contribution is 7.18. The number of nitrogens with one attached hydrogen (secondary N) is 1. The number of rotatable bonds is 4. The zero-order valence-corrected chi connectivity index (χ0v) is 18.9. The standard InChI is InChI=1S/C21H20N6O3S2/c1-25-17(28)5-4-14(24-25)21(30)27-8-6-26(7-9-27)11-16-22-19(29)18-13(12-32-20(18)23-16)15-3-2-10-31-15/h2-5,10,12H,6-9,11H2,1H3,(H,22,23,29). The maximum Gasteiger partial charge on any atom is 0.274 e. The third-order valence-corrected chi connectivity index (χ3v) is 7.27. The van der Waals surface area contributed by atoms with Crippen LogP contribution in [0, 0.1) is 0 Å². The van der Waals surface area contributed by atoms with E-state index < -0.39 is 0 Å². The highest BCUT2D eigenvalue weighted by atomic mass is 32.1. The largest absolute Gasteiger partial charge is 0.335 e. The SMILES string of the molecule is Cn1nc(C(=O)N2CCN(Cc3nc4scc(-c5cccs5)c4c(=O)[nH]3)CC2)ccc1=O. The van der Waals surface area contributed by atoms with Crippen LogP contribution in [0.5, 0.6) is 0 Å². The molecular formula is C21H20N6O3S2. The van der Waals surface area contributed by atoms with Gasteiger partial charge in [0.1, 0.15) is 16.3 Å². The van der Waals surface area contributed by atoms with Crippen LogP contribution in [-0.2, 0) is 13.6 Å². The summed E-state index contributed by atoms with van der Waals surface area (Å²) in [5, 5.41) is 8.67. The fourth-order valence-corrected chi connectivity index (χ4v) is 5.56. The Morgan fingerprint density at radius 3 is 2.66 bits per heavy atom. The average molecular weight is 469 g/mol. The number of H-pyrrole nitrogens is 1. The molecule has 0 aliphatic carbocycles. The van der Waals surface area contributed by atoms with Crippen molar-refractivity contribution in [2.75, 3.05) is 26.2 Å². The minimum Gasteiger partial charge on any atom is -0.335 e. The van der Waals surface area contributed by atoms with E-state index in [2.05, 4.69) is 20.0 Å². The predicted molar refractivity (Wildman–Crippen MR) is 124 cm³/mol. The minimum atomic E-state index is -0.252. The number of nitrogens with zero attached hydrogens (tertiary/aromatic N) is 5. The van der Waals surface area contributed by atoms with Crippen molar-refractivity contribution >= 4 is 38.8 Å². The number of hydrogen-bond donors (Lipinski definition) is 1. The van der Waals surface area contributed by atoms with E-state index in [1.807, 2.05) is 22.9 Å². The summed E-state index contributed by atoms with van der Waals surface area (Å²) in [7, 11) is 1.53. The first-order valence-electron chi connectivity index (χ1n) is 10.1. The zero-order valence-electron chi connectivity index (χ0n) is 17.3. The summed E-state index contributed by atoms with van der Waals surface area (Å²) in [6.45, 7) is 2.90. The Labute approximate surface area is 190 Å². The second-order valence-corrected chi connectivity index (χ2v) is 9.37. The summed E-state index contributed by atoms with van der Waals surface area (Å²) in [5.41, 5.74) is 0.818. The number of fused-ring (bicyclic) bond motifs is 1. The molecule has 0 spiro atoms. The van der Waals surface area contributed by atoms with Gasteiger partial charge in [0, 0.05) is 55.1 Å². The molecule has 1 aliphatic heterocycles. The van der Waals surface area contributed by atoms with Crippen LogP contribution in [0.25, 0.3) is 20.7 Å². The number of carbonyl (C=O) groups excluding carboxylic acids is 1. The van der Waals surface area contributed by atoms with Crippen molar-refractivity contribution in [2.45, 2.75) is 6.54 Å². The summed E-state index contributed by atoms with van der Waals surface area (Å²) < 4.78 is 1.16. The molecule has 4 aromatic heterocycles. The maximum atomic E-state index is 12.8. The van der Waals surface area contributed by atoms with Gasteiger partial charge < -0.3 is 9.88 Å². The van der Waals surface area contributed by atoms with Crippen molar-refractivity contribution in [1.82, 2.24) is 29.5 Å². The molecule has 1 aliphatic rings. The number of hydrogen-bond acceptors (Lipinski definition) is 8. The van der Waals surface area contributed by atoms with E-state index in [1.165, 1.54) is 30.5 Å². The van der Waals surface area contributed by atoms with E-state index in [0.717, 1.165) is 20.0 Å². The molecule has 9 nitrogen and oxygen atoms in total. The molecule has 11 heteroatoms. The first kappa shape index (κ1) is 20.7. The topological polar surface area (TPSA) is 104 Å². The maximum absolute atomic E-state index is 12.8. The van der Waals surface area contributed by atoms with Gasteiger partial charge in [-0.1, -0.05) is 6.07 Å².